The van der Waals surface area contributed by atoms with Crippen LogP contribution in [0, 0.1) is 0 Å². The van der Waals surface area contributed by atoms with E-state index in [9.17, 15) is 9.18 Å². The van der Waals surface area contributed by atoms with Gasteiger partial charge >= 0.3 is 0 Å². The lowest BCUT2D eigenvalue weighted by Crippen LogP contribution is -2.52. The first kappa shape index (κ1) is 17.0. The Morgan fingerprint density at radius 1 is 1.58 bits per heavy atom. The largest absolute Gasteiger partial charge is 0.367 e. The van der Waals surface area contributed by atoms with Crippen molar-refractivity contribution in [2.24, 2.45) is 4.99 Å². The van der Waals surface area contributed by atoms with E-state index in [-0.39, 0.29) is 17.9 Å². The van der Waals surface area contributed by atoms with Crippen molar-refractivity contribution >= 4 is 28.6 Å². The zero-order valence-corrected chi connectivity index (χ0v) is 14.3. The maximum Gasteiger partial charge on any atom is 0.223 e. The van der Waals surface area contributed by atoms with Crippen LogP contribution in [0.2, 0.25) is 0 Å². The van der Waals surface area contributed by atoms with Crippen molar-refractivity contribution in [3.05, 3.63) is 23.1 Å². The number of carbonyl (C=O) groups excluding carboxylic acids is 1. The number of carbonyl (C=O) groups is 1. The van der Waals surface area contributed by atoms with E-state index in [1.807, 2.05) is 6.20 Å². The Balaban J connectivity index is 1.49. The number of nitrogens with one attached hydrogen (secondary N) is 3. The summed E-state index contributed by atoms with van der Waals surface area (Å²) in [6, 6.07) is 0.297. The average molecular weight is 352 g/mol. The third kappa shape index (κ3) is 4.83. The van der Waals surface area contributed by atoms with Gasteiger partial charge in [0, 0.05) is 62.8 Å². The molecule has 1 fully saturated rings. The van der Waals surface area contributed by atoms with Crippen LogP contribution in [0.1, 0.15) is 18.2 Å². The van der Waals surface area contributed by atoms with Gasteiger partial charge in [0.1, 0.15) is 6.17 Å². The Bertz CT molecular complexity index is 646. The number of halogens is 1. The summed E-state index contributed by atoms with van der Waals surface area (Å²) in [5.74, 6) is -0.450. The number of allylic oxidation sites excluding steroid dienone is 1. The maximum atomic E-state index is 12.9. The van der Waals surface area contributed by atoms with Gasteiger partial charge < -0.3 is 16.0 Å². The monoisotopic (exact) mass is 352 g/mol. The molecule has 0 bridgehead atoms. The second-order valence-corrected chi connectivity index (χ2v) is 7.04. The molecule has 2 atom stereocenters. The van der Waals surface area contributed by atoms with Gasteiger partial charge in [0.25, 0.3) is 0 Å². The molecule has 3 N–H and O–H groups in total. The molecular weight excluding hydrogens is 331 g/mol. The second-order valence-electron chi connectivity index (χ2n) is 5.92. The van der Waals surface area contributed by atoms with Crippen molar-refractivity contribution in [2.75, 3.05) is 25.0 Å². The smallest absolute Gasteiger partial charge is 0.223 e. The summed E-state index contributed by atoms with van der Waals surface area (Å²) in [5, 5.41) is 9.79. The summed E-state index contributed by atoms with van der Waals surface area (Å²) in [6.07, 6.45) is 5.16. The molecule has 1 amide bonds. The highest BCUT2D eigenvalue weighted by molar-refractivity contribution is 7.15. The van der Waals surface area contributed by atoms with Crippen molar-refractivity contribution in [1.82, 2.24) is 20.5 Å². The van der Waals surface area contributed by atoms with Gasteiger partial charge in [-0.1, -0.05) is 0 Å². The number of aromatic nitrogens is 1. The van der Waals surface area contributed by atoms with Crippen molar-refractivity contribution in [3.63, 3.8) is 0 Å². The van der Waals surface area contributed by atoms with Crippen LogP contribution in [0.15, 0.2) is 23.2 Å². The summed E-state index contributed by atoms with van der Waals surface area (Å²) in [7, 11) is 0. The first-order chi connectivity index (χ1) is 11.6. The third-order valence-electron chi connectivity index (χ3n) is 3.85. The number of anilines is 1. The van der Waals surface area contributed by atoms with Crippen LogP contribution >= 0.6 is 11.3 Å². The van der Waals surface area contributed by atoms with Crippen molar-refractivity contribution in [3.8, 4) is 0 Å². The van der Waals surface area contributed by atoms with Crippen LogP contribution in [0.3, 0.4) is 0 Å². The molecule has 0 radical (unpaired) electrons. The van der Waals surface area contributed by atoms with E-state index in [1.54, 1.807) is 0 Å². The van der Waals surface area contributed by atoms with Crippen LogP contribution in [0.5, 0.6) is 0 Å². The molecule has 0 saturated carbocycles. The Morgan fingerprint density at radius 2 is 2.46 bits per heavy atom. The van der Waals surface area contributed by atoms with Crippen molar-refractivity contribution in [2.45, 2.75) is 32.1 Å². The maximum absolute atomic E-state index is 12.9. The Hall–Kier alpha value is -1.84. The lowest BCUT2D eigenvalue weighted by molar-refractivity contribution is -0.114. The molecule has 1 aromatic heterocycles. The summed E-state index contributed by atoms with van der Waals surface area (Å²) in [5.41, 5.74) is 0. The zero-order chi connectivity index (χ0) is 16.9. The lowest BCUT2D eigenvalue weighted by atomic mass is 10.1. The van der Waals surface area contributed by atoms with E-state index in [0.29, 0.717) is 11.2 Å². The van der Waals surface area contributed by atoms with Gasteiger partial charge in [-0.25, -0.2) is 9.37 Å². The second kappa shape index (κ2) is 7.82. The van der Waals surface area contributed by atoms with Gasteiger partial charge in [0.2, 0.25) is 5.91 Å². The molecule has 130 valence electrons. The molecule has 1 unspecified atom stereocenters. The molecule has 0 spiro atoms. The number of thiazole rings is 1. The van der Waals surface area contributed by atoms with E-state index in [1.165, 1.54) is 30.7 Å². The Morgan fingerprint density at radius 3 is 3.21 bits per heavy atom. The standard InChI is InChI=1S/C15H21FN6OS/c1-10(23)21-15-20-7-13(24-15)9-22-3-2-17-12(8-22)4-14-18-5-11(16)6-19-14/h5-7,12,14,17-18H,2-4,8-9H2,1H3,(H,20,21,23)/t12-,14?/m1/s1. The number of aliphatic imine (C=N–C) groups is 1. The van der Waals surface area contributed by atoms with Gasteiger partial charge in [0.05, 0.1) is 6.21 Å². The molecule has 9 heteroatoms. The van der Waals surface area contributed by atoms with Gasteiger partial charge in [-0.15, -0.1) is 11.3 Å². The van der Waals surface area contributed by atoms with E-state index in [0.717, 1.165) is 37.5 Å². The molecule has 0 aromatic carbocycles. The topological polar surface area (TPSA) is 81.7 Å². The Kier molecular flexibility index (Phi) is 5.54. The number of hydrogen-bond acceptors (Lipinski definition) is 7. The normalized spacial score (nSPS) is 24.3. The molecule has 2 aliphatic rings. The Labute approximate surface area is 144 Å². The third-order valence-corrected chi connectivity index (χ3v) is 4.75. The lowest BCUT2D eigenvalue weighted by Gasteiger charge is -2.34. The zero-order valence-electron chi connectivity index (χ0n) is 13.5. The van der Waals surface area contributed by atoms with E-state index in [4.69, 9.17) is 0 Å². The van der Waals surface area contributed by atoms with Gasteiger partial charge in [-0.2, -0.15) is 0 Å². The van der Waals surface area contributed by atoms with Gasteiger partial charge in [-0.05, 0) is 0 Å². The summed E-state index contributed by atoms with van der Waals surface area (Å²) in [4.78, 5) is 22.9. The number of nitrogens with zero attached hydrogens (tertiary/aromatic N) is 3. The molecule has 24 heavy (non-hydrogen) atoms. The van der Waals surface area contributed by atoms with Crippen LogP contribution in [0.25, 0.3) is 0 Å². The number of hydrogen-bond donors (Lipinski definition) is 3. The van der Waals surface area contributed by atoms with Crippen LogP contribution in [-0.4, -0.2) is 53.8 Å². The predicted octanol–water partition coefficient (Wildman–Crippen LogP) is 1.08. The fourth-order valence-electron chi connectivity index (χ4n) is 2.82. The molecule has 1 saturated heterocycles. The van der Waals surface area contributed by atoms with Crippen LogP contribution in [-0.2, 0) is 11.3 Å². The average Bonchev–Trinajstić information content (AvgIpc) is 2.96. The summed E-state index contributed by atoms with van der Waals surface area (Å²) < 4.78 is 12.9. The number of rotatable bonds is 5. The van der Waals surface area contributed by atoms with Gasteiger partial charge in [-0.3, -0.25) is 14.7 Å². The minimum atomic E-state index is -0.343. The minimum absolute atomic E-state index is 0.0864. The van der Waals surface area contributed by atoms with Gasteiger partial charge in [0.15, 0.2) is 11.0 Å². The highest BCUT2D eigenvalue weighted by Crippen LogP contribution is 2.20. The highest BCUT2D eigenvalue weighted by atomic mass is 32.1. The van der Waals surface area contributed by atoms with Crippen LogP contribution < -0.4 is 16.0 Å². The first-order valence-corrected chi connectivity index (χ1v) is 8.73. The SMILES string of the molecule is CC(=O)Nc1ncc(CN2CCN[C@H](CC3N=CC(F)=CN3)C2)s1. The molecular formula is C15H21FN6OS. The van der Waals surface area contributed by atoms with E-state index >= 15 is 0 Å². The molecule has 2 aliphatic heterocycles. The number of amides is 1. The first-order valence-electron chi connectivity index (χ1n) is 7.91. The molecule has 7 nitrogen and oxygen atoms in total. The molecule has 3 rings (SSSR count). The van der Waals surface area contributed by atoms with Crippen LogP contribution in [0.4, 0.5) is 9.52 Å². The minimum Gasteiger partial charge on any atom is -0.367 e. The van der Waals surface area contributed by atoms with Crippen molar-refractivity contribution < 1.29 is 9.18 Å². The summed E-state index contributed by atoms with van der Waals surface area (Å²) >= 11 is 1.50. The summed E-state index contributed by atoms with van der Waals surface area (Å²) in [6.45, 7) is 5.05. The van der Waals surface area contributed by atoms with E-state index in [2.05, 4.69) is 30.8 Å². The molecule has 1 aromatic rings. The fourth-order valence-corrected chi connectivity index (χ4v) is 3.72. The fraction of sp³-hybridized carbons (Fsp3) is 0.533. The highest BCUT2D eigenvalue weighted by Gasteiger charge is 2.23. The quantitative estimate of drug-likeness (QED) is 0.739. The predicted molar refractivity (Wildman–Crippen MR) is 92.7 cm³/mol. The number of piperazine rings is 1. The molecule has 3 heterocycles. The molecule has 0 aliphatic carbocycles. The van der Waals surface area contributed by atoms with E-state index < -0.39 is 0 Å². The van der Waals surface area contributed by atoms with Crippen molar-refractivity contribution in [1.29, 1.82) is 0 Å².